The highest BCUT2D eigenvalue weighted by Gasteiger charge is 2.21. The SMILES string of the molecule is Cc1noc(C)c1NC(=O)c1c(Br)c2ccccc2n1C. The maximum absolute atomic E-state index is 12.6. The van der Waals surface area contributed by atoms with Gasteiger partial charge in [-0.2, -0.15) is 0 Å². The van der Waals surface area contributed by atoms with Gasteiger partial charge in [-0.25, -0.2) is 0 Å². The number of rotatable bonds is 2. The van der Waals surface area contributed by atoms with Crippen molar-refractivity contribution >= 4 is 38.4 Å². The average molecular weight is 348 g/mol. The summed E-state index contributed by atoms with van der Waals surface area (Å²) in [6.45, 7) is 3.56. The molecular formula is C15H14BrN3O2. The first-order chi connectivity index (χ1) is 10.0. The Morgan fingerprint density at radius 3 is 2.67 bits per heavy atom. The molecule has 0 aliphatic rings. The van der Waals surface area contributed by atoms with Crippen molar-refractivity contribution in [3.63, 3.8) is 0 Å². The van der Waals surface area contributed by atoms with E-state index in [0.717, 1.165) is 15.4 Å². The fraction of sp³-hybridized carbons (Fsp3) is 0.200. The predicted octanol–water partition coefficient (Wildman–Crippen LogP) is 3.80. The topological polar surface area (TPSA) is 60.1 Å². The molecule has 0 saturated heterocycles. The molecule has 3 rings (SSSR count). The van der Waals surface area contributed by atoms with Crippen LogP contribution >= 0.6 is 15.9 Å². The number of anilines is 1. The monoisotopic (exact) mass is 347 g/mol. The van der Waals surface area contributed by atoms with Crippen LogP contribution in [0.5, 0.6) is 0 Å². The summed E-state index contributed by atoms with van der Waals surface area (Å²) in [4.78, 5) is 12.6. The molecule has 0 atom stereocenters. The van der Waals surface area contributed by atoms with Crippen molar-refractivity contribution in [1.29, 1.82) is 0 Å². The van der Waals surface area contributed by atoms with Gasteiger partial charge < -0.3 is 14.4 Å². The third-order valence-electron chi connectivity index (χ3n) is 3.53. The van der Waals surface area contributed by atoms with Crippen LogP contribution in [0.1, 0.15) is 21.9 Å². The maximum atomic E-state index is 12.6. The lowest BCUT2D eigenvalue weighted by Crippen LogP contribution is -2.17. The summed E-state index contributed by atoms with van der Waals surface area (Å²) >= 11 is 3.52. The van der Waals surface area contributed by atoms with Crippen LogP contribution < -0.4 is 5.32 Å². The van der Waals surface area contributed by atoms with E-state index in [2.05, 4.69) is 26.4 Å². The normalized spacial score (nSPS) is 11.0. The van der Waals surface area contributed by atoms with E-state index < -0.39 is 0 Å². The van der Waals surface area contributed by atoms with E-state index in [1.807, 2.05) is 35.9 Å². The van der Waals surface area contributed by atoms with Crippen LogP contribution in [0, 0.1) is 13.8 Å². The van der Waals surface area contributed by atoms with E-state index in [4.69, 9.17) is 4.52 Å². The molecule has 5 nitrogen and oxygen atoms in total. The zero-order valence-electron chi connectivity index (χ0n) is 11.9. The Labute approximate surface area is 130 Å². The third-order valence-corrected chi connectivity index (χ3v) is 4.33. The Morgan fingerprint density at radius 2 is 2.05 bits per heavy atom. The van der Waals surface area contributed by atoms with Crippen molar-refractivity contribution in [3.8, 4) is 0 Å². The van der Waals surface area contributed by atoms with Crippen LogP contribution in [0.3, 0.4) is 0 Å². The smallest absolute Gasteiger partial charge is 0.273 e. The molecule has 6 heteroatoms. The minimum absolute atomic E-state index is 0.199. The number of hydrogen-bond acceptors (Lipinski definition) is 3. The van der Waals surface area contributed by atoms with Gasteiger partial charge in [-0.15, -0.1) is 0 Å². The Balaban J connectivity index is 2.07. The summed E-state index contributed by atoms with van der Waals surface area (Å²) in [6.07, 6.45) is 0. The number of carbonyl (C=O) groups excluding carboxylic acids is 1. The quantitative estimate of drug-likeness (QED) is 0.766. The van der Waals surface area contributed by atoms with Gasteiger partial charge in [0.25, 0.3) is 5.91 Å². The largest absolute Gasteiger partial charge is 0.359 e. The average Bonchev–Trinajstić information content (AvgIpc) is 2.91. The number of fused-ring (bicyclic) bond motifs is 1. The van der Waals surface area contributed by atoms with Crippen LogP contribution in [0.2, 0.25) is 0 Å². The molecule has 0 saturated carbocycles. The maximum Gasteiger partial charge on any atom is 0.273 e. The minimum atomic E-state index is -0.199. The van der Waals surface area contributed by atoms with Gasteiger partial charge in [-0.3, -0.25) is 4.79 Å². The highest BCUT2D eigenvalue weighted by molar-refractivity contribution is 9.10. The fourth-order valence-electron chi connectivity index (χ4n) is 2.43. The summed E-state index contributed by atoms with van der Waals surface area (Å²) in [5.41, 5.74) is 2.84. The highest BCUT2D eigenvalue weighted by atomic mass is 79.9. The minimum Gasteiger partial charge on any atom is -0.359 e. The van der Waals surface area contributed by atoms with Crippen LogP contribution in [-0.2, 0) is 7.05 Å². The van der Waals surface area contributed by atoms with Crippen LogP contribution in [-0.4, -0.2) is 15.6 Å². The highest BCUT2D eigenvalue weighted by Crippen LogP contribution is 2.31. The second-order valence-electron chi connectivity index (χ2n) is 4.89. The number of nitrogens with one attached hydrogen (secondary N) is 1. The van der Waals surface area contributed by atoms with Gasteiger partial charge in [0.15, 0.2) is 5.76 Å². The summed E-state index contributed by atoms with van der Waals surface area (Å²) in [6, 6.07) is 7.85. The van der Waals surface area contributed by atoms with E-state index in [1.54, 1.807) is 13.8 Å². The van der Waals surface area contributed by atoms with E-state index in [0.29, 0.717) is 22.8 Å². The molecule has 0 radical (unpaired) electrons. The van der Waals surface area contributed by atoms with Gasteiger partial charge in [-0.05, 0) is 35.8 Å². The van der Waals surface area contributed by atoms with Gasteiger partial charge in [0.1, 0.15) is 17.1 Å². The molecule has 1 N–H and O–H groups in total. The standard InChI is InChI=1S/C15H14BrN3O2/c1-8-13(9(2)21-18-8)17-15(20)14-12(16)10-6-4-5-7-11(10)19(14)3/h4-7H,1-3H3,(H,17,20). The summed E-state index contributed by atoms with van der Waals surface area (Å²) in [5.74, 6) is 0.394. The van der Waals surface area contributed by atoms with E-state index in [1.165, 1.54) is 0 Å². The number of halogens is 1. The lowest BCUT2D eigenvalue weighted by atomic mass is 10.2. The Hall–Kier alpha value is -2.08. The van der Waals surface area contributed by atoms with E-state index in [9.17, 15) is 4.79 Å². The number of nitrogens with zero attached hydrogens (tertiary/aromatic N) is 2. The number of amides is 1. The third kappa shape index (κ3) is 2.15. The first kappa shape index (κ1) is 13.9. The summed E-state index contributed by atoms with van der Waals surface area (Å²) < 4.78 is 7.72. The Kier molecular flexibility index (Phi) is 3.33. The molecule has 0 aliphatic carbocycles. The number of benzene rings is 1. The van der Waals surface area contributed by atoms with Gasteiger partial charge >= 0.3 is 0 Å². The summed E-state index contributed by atoms with van der Waals surface area (Å²) in [7, 11) is 1.87. The molecule has 1 aromatic carbocycles. The van der Waals surface area contributed by atoms with Crippen molar-refractivity contribution < 1.29 is 9.32 Å². The van der Waals surface area contributed by atoms with Gasteiger partial charge in [0.2, 0.25) is 0 Å². The van der Waals surface area contributed by atoms with Crippen LogP contribution in [0.25, 0.3) is 10.9 Å². The fourth-order valence-corrected chi connectivity index (χ4v) is 3.21. The zero-order valence-corrected chi connectivity index (χ0v) is 13.5. The first-order valence-corrected chi connectivity index (χ1v) is 7.27. The van der Waals surface area contributed by atoms with Crippen molar-refractivity contribution in [1.82, 2.24) is 9.72 Å². The van der Waals surface area contributed by atoms with Crippen LogP contribution in [0.4, 0.5) is 5.69 Å². The van der Waals surface area contributed by atoms with Gasteiger partial charge in [0, 0.05) is 18.0 Å². The molecule has 2 aromatic heterocycles. The lowest BCUT2D eigenvalue weighted by Gasteiger charge is -2.06. The Morgan fingerprint density at radius 1 is 1.33 bits per heavy atom. The van der Waals surface area contributed by atoms with Crippen molar-refractivity contribution in [2.75, 3.05) is 5.32 Å². The molecular weight excluding hydrogens is 334 g/mol. The number of aryl methyl sites for hydroxylation is 3. The predicted molar refractivity (Wildman–Crippen MR) is 84.5 cm³/mol. The van der Waals surface area contributed by atoms with Crippen molar-refractivity contribution in [2.45, 2.75) is 13.8 Å². The summed E-state index contributed by atoms with van der Waals surface area (Å²) in [5, 5.41) is 7.72. The molecule has 21 heavy (non-hydrogen) atoms. The van der Waals surface area contributed by atoms with Crippen molar-refractivity contribution in [2.24, 2.45) is 7.05 Å². The second-order valence-corrected chi connectivity index (χ2v) is 5.69. The number of aromatic nitrogens is 2. The molecule has 108 valence electrons. The number of para-hydroxylation sites is 1. The molecule has 0 unspecified atom stereocenters. The number of hydrogen-bond donors (Lipinski definition) is 1. The van der Waals surface area contributed by atoms with Crippen molar-refractivity contribution in [3.05, 3.63) is 45.9 Å². The molecule has 2 heterocycles. The van der Waals surface area contributed by atoms with E-state index >= 15 is 0 Å². The van der Waals surface area contributed by atoms with Gasteiger partial charge in [-0.1, -0.05) is 23.4 Å². The molecule has 1 amide bonds. The lowest BCUT2D eigenvalue weighted by molar-refractivity contribution is 0.101. The molecule has 0 aliphatic heterocycles. The molecule has 0 fully saturated rings. The molecule has 3 aromatic rings. The molecule has 0 spiro atoms. The second kappa shape index (κ2) is 5.04. The molecule has 0 bridgehead atoms. The van der Waals surface area contributed by atoms with Gasteiger partial charge in [0.05, 0.1) is 4.47 Å². The van der Waals surface area contributed by atoms with E-state index in [-0.39, 0.29) is 5.91 Å². The Bertz CT molecular complexity index is 790. The zero-order chi connectivity index (χ0) is 15.1. The first-order valence-electron chi connectivity index (χ1n) is 6.48. The van der Waals surface area contributed by atoms with Crippen LogP contribution in [0.15, 0.2) is 33.3 Å². The number of carbonyl (C=O) groups is 1.